The molecule has 0 spiro atoms. The molecule has 0 bridgehead atoms. The van der Waals surface area contributed by atoms with Crippen molar-refractivity contribution >= 4 is 11.8 Å². The molecule has 7 nitrogen and oxygen atoms in total. The lowest BCUT2D eigenvalue weighted by Crippen LogP contribution is -2.52. The number of hydrogen-bond acceptors (Lipinski definition) is 5. The fraction of sp³-hybridized carbons (Fsp3) is 0.333. The van der Waals surface area contributed by atoms with E-state index in [0.29, 0.717) is 39.0 Å². The minimum Gasteiger partial charge on any atom is -0.490 e. The highest BCUT2D eigenvalue weighted by Crippen LogP contribution is 2.29. The van der Waals surface area contributed by atoms with E-state index < -0.39 is 11.9 Å². The molecule has 4 rings (SSSR count). The van der Waals surface area contributed by atoms with Gasteiger partial charge >= 0.3 is 0 Å². The van der Waals surface area contributed by atoms with E-state index in [1.165, 1.54) is 6.26 Å². The third-order valence-electron chi connectivity index (χ3n) is 5.83. The Balaban J connectivity index is 1.39. The molecule has 1 saturated heterocycles. The maximum atomic E-state index is 13.4. The van der Waals surface area contributed by atoms with E-state index in [2.05, 4.69) is 5.32 Å². The Labute approximate surface area is 199 Å². The van der Waals surface area contributed by atoms with Crippen LogP contribution in [-0.2, 0) is 11.2 Å². The first kappa shape index (κ1) is 23.4. The van der Waals surface area contributed by atoms with Crippen molar-refractivity contribution < 1.29 is 23.5 Å². The number of carbonyl (C=O) groups is 2. The zero-order valence-corrected chi connectivity index (χ0v) is 19.3. The summed E-state index contributed by atoms with van der Waals surface area (Å²) in [6.07, 6.45) is 3.25. The van der Waals surface area contributed by atoms with Crippen molar-refractivity contribution in [3.05, 3.63) is 84.3 Å². The molecule has 2 aromatic carbocycles. The molecule has 2 amide bonds. The Bertz CT molecular complexity index is 1060. The van der Waals surface area contributed by atoms with Crippen molar-refractivity contribution in [1.29, 1.82) is 0 Å². The van der Waals surface area contributed by atoms with Crippen LogP contribution in [0.1, 0.15) is 35.9 Å². The van der Waals surface area contributed by atoms with Gasteiger partial charge in [-0.2, -0.15) is 0 Å². The van der Waals surface area contributed by atoms with Gasteiger partial charge in [0.1, 0.15) is 12.1 Å². The van der Waals surface area contributed by atoms with Crippen molar-refractivity contribution in [2.75, 3.05) is 19.7 Å². The topological polar surface area (TPSA) is 81.0 Å². The highest BCUT2D eigenvalue weighted by atomic mass is 16.5. The Kier molecular flexibility index (Phi) is 7.86. The molecule has 0 radical (unpaired) electrons. The number of amides is 2. The van der Waals surface area contributed by atoms with Gasteiger partial charge in [-0.25, -0.2) is 0 Å². The molecule has 0 saturated carbocycles. The average molecular weight is 463 g/mol. The number of carbonyl (C=O) groups excluding carboxylic acids is 2. The number of ether oxygens (including phenoxy) is 2. The molecule has 3 aromatic rings. The second-order valence-corrected chi connectivity index (χ2v) is 8.22. The van der Waals surface area contributed by atoms with Gasteiger partial charge in [0.25, 0.3) is 5.91 Å². The van der Waals surface area contributed by atoms with E-state index in [9.17, 15) is 9.59 Å². The van der Waals surface area contributed by atoms with Gasteiger partial charge in [0.05, 0.1) is 12.9 Å². The summed E-state index contributed by atoms with van der Waals surface area (Å²) >= 11 is 0. The number of benzene rings is 2. The molecule has 178 valence electrons. The van der Waals surface area contributed by atoms with E-state index in [4.69, 9.17) is 13.9 Å². The van der Waals surface area contributed by atoms with Crippen LogP contribution < -0.4 is 14.8 Å². The van der Waals surface area contributed by atoms with Crippen LogP contribution in [0.2, 0.25) is 0 Å². The molecule has 1 aromatic heterocycles. The third kappa shape index (κ3) is 5.98. The fourth-order valence-electron chi connectivity index (χ4n) is 4.10. The maximum absolute atomic E-state index is 13.4. The van der Waals surface area contributed by atoms with Crippen LogP contribution >= 0.6 is 0 Å². The Morgan fingerprint density at radius 3 is 2.38 bits per heavy atom. The summed E-state index contributed by atoms with van der Waals surface area (Å²) in [5, 5.41) is 2.87. The van der Waals surface area contributed by atoms with Crippen LogP contribution in [0.3, 0.4) is 0 Å². The van der Waals surface area contributed by atoms with Crippen LogP contribution in [0.25, 0.3) is 0 Å². The molecule has 1 aliphatic heterocycles. The smallest absolute Gasteiger partial charge is 0.287 e. The molecule has 1 atom stereocenters. The first-order chi connectivity index (χ1) is 16.6. The van der Waals surface area contributed by atoms with Crippen molar-refractivity contribution in [2.45, 2.75) is 38.3 Å². The first-order valence-electron chi connectivity index (χ1n) is 11.7. The van der Waals surface area contributed by atoms with E-state index >= 15 is 0 Å². The number of hydrogen-bond donors (Lipinski definition) is 1. The summed E-state index contributed by atoms with van der Waals surface area (Å²) in [5.74, 6) is 1.14. The van der Waals surface area contributed by atoms with Gasteiger partial charge in [-0.15, -0.1) is 0 Å². The number of nitrogens with one attached hydrogen (secondary N) is 1. The van der Waals surface area contributed by atoms with E-state index in [1.807, 2.05) is 66.4 Å². The lowest BCUT2D eigenvalue weighted by Gasteiger charge is -2.34. The van der Waals surface area contributed by atoms with Gasteiger partial charge in [-0.3, -0.25) is 9.59 Å². The molecule has 1 N–H and O–H groups in total. The van der Waals surface area contributed by atoms with E-state index in [0.717, 1.165) is 17.1 Å². The monoisotopic (exact) mass is 462 g/mol. The Hall–Kier alpha value is -3.74. The molecule has 7 heteroatoms. The van der Waals surface area contributed by atoms with Gasteiger partial charge < -0.3 is 24.1 Å². The minimum atomic E-state index is -0.684. The van der Waals surface area contributed by atoms with Gasteiger partial charge in [0, 0.05) is 32.4 Å². The maximum Gasteiger partial charge on any atom is 0.287 e. The summed E-state index contributed by atoms with van der Waals surface area (Å²) in [7, 11) is 0. The standard InChI is InChI=1S/C27H30N2O5/c1-2-32-23-11-6-7-12-24(23)34-21-14-16-29(17-15-21)27(31)22(19-20-9-4-3-5-10-20)28-26(30)25-13-8-18-33-25/h3-13,18,21-22H,2,14-17,19H2,1H3,(H,28,30). The van der Waals surface area contributed by atoms with Crippen LogP contribution in [0.5, 0.6) is 11.5 Å². The van der Waals surface area contributed by atoms with Crippen LogP contribution in [0.4, 0.5) is 0 Å². The van der Waals surface area contributed by atoms with Crippen LogP contribution in [-0.4, -0.2) is 48.6 Å². The second kappa shape index (κ2) is 11.4. The molecule has 34 heavy (non-hydrogen) atoms. The Morgan fingerprint density at radius 2 is 1.71 bits per heavy atom. The van der Waals surface area contributed by atoms with Gasteiger partial charge in [0.15, 0.2) is 17.3 Å². The second-order valence-electron chi connectivity index (χ2n) is 8.22. The van der Waals surface area contributed by atoms with Gasteiger partial charge in [0.2, 0.25) is 5.91 Å². The van der Waals surface area contributed by atoms with Crippen LogP contribution in [0.15, 0.2) is 77.4 Å². The number of nitrogens with zero attached hydrogens (tertiary/aromatic N) is 1. The highest BCUT2D eigenvalue weighted by Gasteiger charge is 2.31. The first-order valence-corrected chi connectivity index (χ1v) is 11.7. The summed E-state index contributed by atoms with van der Waals surface area (Å²) in [5.41, 5.74) is 0.978. The molecule has 0 aliphatic carbocycles. The van der Waals surface area contributed by atoms with Crippen LogP contribution in [0, 0.1) is 0 Å². The summed E-state index contributed by atoms with van der Waals surface area (Å²) in [4.78, 5) is 27.9. The number of piperidine rings is 1. The van der Waals surface area contributed by atoms with Crippen molar-refractivity contribution in [2.24, 2.45) is 0 Å². The van der Waals surface area contributed by atoms with E-state index in [-0.39, 0.29) is 17.8 Å². The number of para-hydroxylation sites is 2. The molecule has 1 fully saturated rings. The lowest BCUT2D eigenvalue weighted by molar-refractivity contribution is -0.135. The summed E-state index contributed by atoms with van der Waals surface area (Å²) in [6, 6.07) is 19.9. The molecular weight excluding hydrogens is 432 g/mol. The SMILES string of the molecule is CCOc1ccccc1OC1CCN(C(=O)C(Cc2ccccc2)NC(=O)c2ccco2)CC1. The normalized spacial score (nSPS) is 14.9. The third-order valence-corrected chi connectivity index (χ3v) is 5.83. The highest BCUT2D eigenvalue weighted by molar-refractivity contribution is 5.95. The average Bonchev–Trinajstić information content (AvgIpc) is 3.41. The Morgan fingerprint density at radius 1 is 1.00 bits per heavy atom. The molecular formula is C27H30N2O5. The zero-order chi connectivity index (χ0) is 23.8. The number of likely N-dealkylation sites (tertiary alicyclic amines) is 1. The molecule has 2 heterocycles. The predicted molar refractivity (Wildman–Crippen MR) is 128 cm³/mol. The minimum absolute atomic E-state index is 0.00376. The summed E-state index contributed by atoms with van der Waals surface area (Å²) < 4.78 is 17.1. The zero-order valence-electron chi connectivity index (χ0n) is 19.3. The molecule has 1 aliphatic rings. The lowest BCUT2D eigenvalue weighted by atomic mass is 10.0. The largest absolute Gasteiger partial charge is 0.490 e. The predicted octanol–water partition coefficient (Wildman–Crippen LogP) is 4.09. The number of furan rings is 1. The van der Waals surface area contributed by atoms with Gasteiger partial charge in [-0.05, 0) is 36.8 Å². The number of rotatable bonds is 9. The van der Waals surface area contributed by atoms with Gasteiger partial charge in [-0.1, -0.05) is 42.5 Å². The van der Waals surface area contributed by atoms with E-state index in [1.54, 1.807) is 12.1 Å². The quantitative estimate of drug-likeness (QED) is 0.518. The van der Waals surface area contributed by atoms with Crippen molar-refractivity contribution in [3.63, 3.8) is 0 Å². The van der Waals surface area contributed by atoms with Crippen molar-refractivity contribution in [1.82, 2.24) is 10.2 Å². The molecule has 1 unspecified atom stereocenters. The van der Waals surface area contributed by atoms with Crippen molar-refractivity contribution in [3.8, 4) is 11.5 Å². The summed E-state index contributed by atoms with van der Waals surface area (Å²) in [6.45, 7) is 3.63. The fourth-order valence-corrected chi connectivity index (χ4v) is 4.10.